The van der Waals surface area contributed by atoms with Crippen molar-refractivity contribution in [3.05, 3.63) is 6.42 Å². The van der Waals surface area contributed by atoms with Crippen molar-refractivity contribution >= 4 is 23.2 Å². The molecule has 1 unspecified atom stereocenters. The molecule has 1 fully saturated rings. The topological polar surface area (TPSA) is 0 Å². The monoisotopic (exact) mass is 165 g/mol. The molecule has 0 bridgehead atoms. The van der Waals surface area contributed by atoms with Gasteiger partial charge in [0.1, 0.15) is 4.33 Å². The first-order valence-corrected chi connectivity index (χ1v) is 3.87. The van der Waals surface area contributed by atoms with Gasteiger partial charge >= 0.3 is 0 Å². The summed E-state index contributed by atoms with van der Waals surface area (Å²) < 4.78 is -0.498. The number of hydrogen-bond donors (Lipinski definition) is 0. The molecule has 1 aliphatic rings. The summed E-state index contributed by atoms with van der Waals surface area (Å²) in [5, 5.41) is 0. The van der Waals surface area contributed by atoms with Gasteiger partial charge in [0, 0.05) is 11.3 Å². The maximum atomic E-state index is 5.93. The summed E-state index contributed by atoms with van der Waals surface area (Å²) in [4.78, 5) is 0. The van der Waals surface area contributed by atoms with Crippen molar-refractivity contribution in [2.75, 3.05) is 0 Å². The van der Waals surface area contributed by atoms with Crippen molar-refractivity contribution in [2.45, 2.75) is 25.1 Å². The van der Waals surface area contributed by atoms with E-state index in [0.29, 0.717) is 5.92 Å². The predicted octanol–water partition coefficient (Wildman–Crippen LogP) is 3.04. The molecular formula is C7H11Cl2. The molecule has 0 aliphatic heterocycles. The SMILES string of the molecule is C[CH]C1C(C)(C)C1(Cl)Cl. The largest absolute Gasteiger partial charge is 0.127 e. The summed E-state index contributed by atoms with van der Waals surface area (Å²) in [6.07, 6.45) is 2.07. The first-order valence-electron chi connectivity index (χ1n) is 3.12. The van der Waals surface area contributed by atoms with E-state index in [9.17, 15) is 0 Å². The lowest BCUT2D eigenvalue weighted by Crippen LogP contribution is -1.96. The second kappa shape index (κ2) is 1.79. The number of halogens is 2. The average molecular weight is 166 g/mol. The van der Waals surface area contributed by atoms with Crippen LogP contribution in [0.1, 0.15) is 20.8 Å². The zero-order valence-electron chi connectivity index (χ0n) is 5.91. The van der Waals surface area contributed by atoms with Gasteiger partial charge in [-0.2, -0.15) is 0 Å². The van der Waals surface area contributed by atoms with Gasteiger partial charge in [0.25, 0.3) is 0 Å². The van der Waals surface area contributed by atoms with Gasteiger partial charge in [-0.1, -0.05) is 20.8 Å². The van der Waals surface area contributed by atoms with Gasteiger partial charge in [0.2, 0.25) is 0 Å². The van der Waals surface area contributed by atoms with Crippen molar-refractivity contribution in [3.63, 3.8) is 0 Å². The highest BCUT2D eigenvalue weighted by Gasteiger charge is 2.68. The van der Waals surface area contributed by atoms with Crippen LogP contribution in [0, 0.1) is 17.8 Å². The van der Waals surface area contributed by atoms with Gasteiger partial charge in [-0.15, -0.1) is 23.2 Å². The molecule has 0 aromatic carbocycles. The van der Waals surface area contributed by atoms with E-state index in [0.717, 1.165) is 0 Å². The van der Waals surface area contributed by atoms with Crippen LogP contribution in [0.4, 0.5) is 0 Å². The second-order valence-corrected chi connectivity index (χ2v) is 4.54. The molecular weight excluding hydrogens is 155 g/mol. The van der Waals surface area contributed by atoms with E-state index >= 15 is 0 Å². The van der Waals surface area contributed by atoms with Crippen LogP contribution in [0.3, 0.4) is 0 Å². The molecule has 1 atom stereocenters. The van der Waals surface area contributed by atoms with E-state index in [4.69, 9.17) is 23.2 Å². The van der Waals surface area contributed by atoms with Gasteiger partial charge in [0.05, 0.1) is 0 Å². The molecule has 1 radical (unpaired) electrons. The summed E-state index contributed by atoms with van der Waals surface area (Å²) in [6.45, 7) is 6.16. The highest BCUT2D eigenvalue weighted by Crippen LogP contribution is 2.69. The molecule has 1 saturated carbocycles. The van der Waals surface area contributed by atoms with E-state index in [-0.39, 0.29) is 5.41 Å². The zero-order chi connectivity index (χ0) is 7.28. The Bertz CT molecular complexity index is 113. The molecule has 0 aromatic heterocycles. The van der Waals surface area contributed by atoms with Crippen LogP contribution < -0.4 is 0 Å². The molecule has 9 heavy (non-hydrogen) atoms. The fourth-order valence-corrected chi connectivity index (χ4v) is 2.24. The van der Waals surface area contributed by atoms with Gasteiger partial charge < -0.3 is 0 Å². The summed E-state index contributed by atoms with van der Waals surface area (Å²) >= 11 is 11.9. The smallest absolute Gasteiger partial charge is 0.101 e. The van der Waals surface area contributed by atoms with Crippen molar-refractivity contribution in [3.8, 4) is 0 Å². The number of alkyl halides is 2. The first kappa shape index (κ1) is 7.68. The minimum atomic E-state index is -0.498. The van der Waals surface area contributed by atoms with E-state index in [1.165, 1.54) is 0 Å². The van der Waals surface area contributed by atoms with Gasteiger partial charge in [-0.3, -0.25) is 0 Å². The quantitative estimate of drug-likeness (QED) is 0.525. The predicted molar refractivity (Wildman–Crippen MR) is 41.7 cm³/mol. The fraction of sp³-hybridized carbons (Fsp3) is 0.857. The van der Waals surface area contributed by atoms with Gasteiger partial charge in [0.15, 0.2) is 0 Å². The fourth-order valence-electron chi connectivity index (χ4n) is 1.32. The maximum absolute atomic E-state index is 5.93. The maximum Gasteiger partial charge on any atom is 0.127 e. The molecule has 0 heterocycles. The summed E-state index contributed by atoms with van der Waals surface area (Å²) in [5.74, 6) is 0.369. The molecule has 0 N–H and O–H groups in total. The Labute approximate surface area is 66.5 Å². The minimum Gasteiger partial charge on any atom is -0.101 e. The van der Waals surface area contributed by atoms with E-state index in [1.807, 2.05) is 6.92 Å². The molecule has 1 aliphatic carbocycles. The van der Waals surface area contributed by atoms with Crippen molar-refractivity contribution in [1.29, 1.82) is 0 Å². The number of rotatable bonds is 1. The van der Waals surface area contributed by atoms with E-state index in [1.54, 1.807) is 0 Å². The molecule has 53 valence electrons. The number of hydrogen-bond acceptors (Lipinski definition) is 0. The minimum absolute atomic E-state index is 0.0882. The lowest BCUT2D eigenvalue weighted by Gasteiger charge is -1.99. The average Bonchev–Trinajstić information content (AvgIpc) is 2.00. The Balaban J connectivity index is 2.66. The highest BCUT2D eigenvalue weighted by molar-refractivity contribution is 6.51. The van der Waals surface area contributed by atoms with Crippen LogP contribution in [0.15, 0.2) is 0 Å². The van der Waals surface area contributed by atoms with Crippen LogP contribution in [0.2, 0.25) is 0 Å². The van der Waals surface area contributed by atoms with Crippen LogP contribution in [0.5, 0.6) is 0 Å². The molecule has 1 rings (SSSR count). The van der Waals surface area contributed by atoms with Crippen LogP contribution >= 0.6 is 23.2 Å². The van der Waals surface area contributed by atoms with Crippen LogP contribution in [-0.4, -0.2) is 4.33 Å². The van der Waals surface area contributed by atoms with Crippen molar-refractivity contribution in [1.82, 2.24) is 0 Å². The molecule has 0 nitrogen and oxygen atoms in total. The Kier molecular flexibility index (Phi) is 1.53. The van der Waals surface area contributed by atoms with E-state index in [2.05, 4.69) is 20.3 Å². The van der Waals surface area contributed by atoms with Gasteiger partial charge in [-0.25, -0.2) is 0 Å². The Morgan fingerprint density at radius 2 is 1.67 bits per heavy atom. The Morgan fingerprint density at radius 1 is 1.33 bits per heavy atom. The first-order chi connectivity index (χ1) is 3.94. The molecule has 0 spiro atoms. The van der Waals surface area contributed by atoms with Crippen molar-refractivity contribution < 1.29 is 0 Å². The molecule has 2 heteroatoms. The third kappa shape index (κ3) is 0.798. The summed E-state index contributed by atoms with van der Waals surface area (Å²) in [5.41, 5.74) is 0.0882. The third-order valence-electron chi connectivity index (χ3n) is 2.28. The molecule has 0 aromatic rings. The Morgan fingerprint density at radius 3 is 1.67 bits per heavy atom. The third-order valence-corrected chi connectivity index (χ3v) is 3.72. The highest BCUT2D eigenvalue weighted by atomic mass is 35.5. The summed E-state index contributed by atoms with van der Waals surface area (Å²) in [6, 6.07) is 0. The molecule has 0 amide bonds. The van der Waals surface area contributed by atoms with Crippen molar-refractivity contribution in [2.24, 2.45) is 11.3 Å². The lowest BCUT2D eigenvalue weighted by atomic mass is 10.1. The summed E-state index contributed by atoms with van der Waals surface area (Å²) in [7, 11) is 0. The standard InChI is InChI=1S/C7H11Cl2/c1-4-5-6(2,3)7(5,8)9/h4-5H,1-3H3. The zero-order valence-corrected chi connectivity index (χ0v) is 7.42. The molecule has 0 saturated heterocycles. The van der Waals surface area contributed by atoms with Crippen LogP contribution in [-0.2, 0) is 0 Å². The van der Waals surface area contributed by atoms with Gasteiger partial charge in [-0.05, 0) is 6.42 Å². The lowest BCUT2D eigenvalue weighted by molar-refractivity contribution is 0.590. The second-order valence-electron chi connectivity index (χ2n) is 3.16. The normalized spacial score (nSPS) is 36.3. The van der Waals surface area contributed by atoms with E-state index < -0.39 is 4.33 Å². The Hall–Kier alpha value is 0.580. The van der Waals surface area contributed by atoms with Crippen LogP contribution in [0.25, 0.3) is 0 Å².